The number of aromatic nitrogens is 2. The second kappa shape index (κ2) is 8.19. The van der Waals surface area contributed by atoms with Gasteiger partial charge in [-0.3, -0.25) is 0 Å². The Bertz CT molecular complexity index is 680. The Balaban J connectivity index is 1.89. The fourth-order valence-electron chi connectivity index (χ4n) is 3.41. The van der Waals surface area contributed by atoms with Crippen molar-refractivity contribution in [3.8, 4) is 11.1 Å². The lowest BCUT2D eigenvalue weighted by Gasteiger charge is -2.21. The van der Waals surface area contributed by atoms with E-state index < -0.39 is 0 Å². The molecule has 1 aromatic carbocycles. The molecule has 0 saturated carbocycles. The largest absolute Gasteiger partial charge is 0.363 e. The van der Waals surface area contributed by atoms with Crippen LogP contribution in [0.1, 0.15) is 19.8 Å². The highest BCUT2D eigenvalue weighted by atomic mass is 35.5. The lowest BCUT2D eigenvalue weighted by atomic mass is 10.1. The fraction of sp³-hybridized carbons (Fsp3) is 0.444. The van der Waals surface area contributed by atoms with Crippen molar-refractivity contribution in [2.24, 2.45) is 0 Å². The van der Waals surface area contributed by atoms with Gasteiger partial charge in [-0.15, -0.1) is 0 Å². The quantitative estimate of drug-likeness (QED) is 0.470. The molecule has 1 fully saturated rings. The number of benzene rings is 1. The van der Waals surface area contributed by atoms with Gasteiger partial charge in [-0.2, -0.15) is 0 Å². The number of likely N-dealkylation sites (N-methyl/N-ethyl adjacent to an activating group) is 1. The van der Waals surface area contributed by atoms with E-state index in [1.165, 1.54) is 37.7 Å². The van der Waals surface area contributed by atoms with Gasteiger partial charge in [0.05, 0.1) is 25.2 Å². The number of hydrogen-bond donors (Lipinski definition) is 2. The van der Waals surface area contributed by atoms with Gasteiger partial charge in [-0.25, -0.2) is 9.97 Å². The van der Waals surface area contributed by atoms with Crippen LogP contribution in [0, 0.1) is 0 Å². The summed E-state index contributed by atoms with van der Waals surface area (Å²) in [5.41, 5.74) is 1.94. The standard InChI is InChI=1S/C18H23ClN4S/c1-3-23-11-7-10-14(23)12-20-17-15(13-8-5-4-6-9-13)16(19)21-18(22-17)24-2/h4-6,8-9,14H,3,7,10-12H2,1-2H3,(H,20,21,22)/p+1/t14-/m1/s1. The lowest BCUT2D eigenvalue weighted by molar-refractivity contribution is -0.908. The van der Waals surface area contributed by atoms with Crippen LogP contribution in [-0.4, -0.2) is 41.9 Å². The van der Waals surface area contributed by atoms with Gasteiger partial charge < -0.3 is 10.2 Å². The Morgan fingerprint density at radius 1 is 1.29 bits per heavy atom. The van der Waals surface area contributed by atoms with Crippen molar-refractivity contribution in [2.45, 2.75) is 31.0 Å². The third kappa shape index (κ3) is 3.85. The molecule has 0 bridgehead atoms. The summed E-state index contributed by atoms with van der Waals surface area (Å²) in [5, 5.41) is 4.77. The van der Waals surface area contributed by atoms with Gasteiger partial charge in [0.15, 0.2) is 5.16 Å². The molecule has 0 radical (unpaired) electrons. The Hall–Kier alpha value is -1.30. The van der Waals surface area contributed by atoms with Gasteiger partial charge in [0, 0.05) is 12.8 Å². The number of thioether (sulfide) groups is 1. The first kappa shape index (κ1) is 17.5. The smallest absolute Gasteiger partial charge is 0.190 e. The number of nitrogens with one attached hydrogen (secondary N) is 2. The maximum Gasteiger partial charge on any atom is 0.190 e. The first-order valence-electron chi connectivity index (χ1n) is 8.48. The zero-order chi connectivity index (χ0) is 16.9. The first-order valence-corrected chi connectivity index (χ1v) is 10.1. The highest BCUT2D eigenvalue weighted by Crippen LogP contribution is 2.33. The molecule has 24 heavy (non-hydrogen) atoms. The monoisotopic (exact) mass is 363 g/mol. The Kier molecular flexibility index (Phi) is 5.98. The minimum absolute atomic E-state index is 0.508. The SMILES string of the molecule is CC[NH+]1CCC[C@@H]1CNc1nc(SC)nc(Cl)c1-c1ccccc1. The summed E-state index contributed by atoms with van der Waals surface area (Å²) in [6.45, 7) is 5.63. The molecule has 1 aromatic heterocycles. The maximum absolute atomic E-state index is 6.49. The van der Waals surface area contributed by atoms with Crippen molar-refractivity contribution in [1.29, 1.82) is 0 Å². The van der Waals surface area contributed by atoms with Crippen LogP contribution in [0.15, 0.2) is 35.5 Å². The van der Waals surface area contributed by atoms with Crippen molar-refractivity contribution in [1.82, 2.24) is 9.97 Å². The van der Waals surface area contributed by atoms with Gasteiger partial charge in [0.25, 0.3) is 0 Å². The zero-order valence-corrected chi connectivity index (χ0v) is 15.8. The molecule has 6 heteroatoms. The molecule has 2 atom stereocenters. The Morgan fingerprint density at radius 3 is 2.79 bits per heavy atom. The van der Waals surface area contributed by atoms with Crippen molar-refractivity contribution >= 4 is 29.2 Å². The van der Waals surface area contributed by atoms with Crippen LogP contribution in [0.5, 0.6) is 0 Å². The van der Waals surface area contributed by atoms with Crippen LogP contribution in [0.4, 0.5) is 5.82 Å². The highest BCUT2D eigenvalue weighted by Gasteiger charge is 2.27. The summed E-state index contributed by atoms with van der Waals surface area (Å²) < 4.78 is 0. The van der Waals surface area contributed by atoms with E-state index in [1.54, 1.807) is 4.90 Å². The second-order valence-electron chi connectivity index (χ2n) is 6.07. The molecule has 3 rings (SSSR count). The van der Waals surface area contributed by atoms with Crippen LogP contribution >= 0.6 is 23.4 Å². The summed E-state index contributed by atoms with van der Waals surface area (Å²) in [6.07, 6.45) is 4.55. The van der Waals surface area contributed by atoms with Gasteiger partial charge >= 0.3 is 0 Å². The van der Waals surface area contributed by atoms with Crippen molar-refractivity contribution < 1.29 is 4.90 Å². The molecule has 2 N–H and O–H groups in total. The summed E-state index contributed by atoms with van der Waals surface area (Å²) in [6, 6.07) is 10.8. The van der Waals surface area contributed by atoms with Crippen molar-refractivity contribution in [2.75, 3.05) is 31.2 Å². The first-order chi connectivity index (χ1) is 11.7. The van der Waals surface area contributed by atoms with Crippen molar-refractivity contribution in [3.05, 3.63) is 35.5 Å². The number of rotatable bonds is 6. The summed E-state index contributed by atoms with van der Waals surface area (Å²) in [5.74, 6) is 0.841. The van der Waals surface area contributed by atoms with E-state index in [0.29, 0.717) is 16.4 Å². The van der Waals surface area contributed by atoms with Gasteiger partial charge in [-0.1, -0.05) is 53.7 Å². The van der Waals surface area contributed by atoms with Crippen molar-refractivity contribution in [3.63, 3.8) is 0 Å². The predicted octanol–water partition coefficient (Wildman–Crippen LogP) is 3.00. The number of halogens is 1. The number of quaternary nitrogens is 1. The molecule has 2 heterocycles. The minimum Gasteiger partial charge on any atom is -0.363 e. The van der Waals surface area contributed by atoms with E-state index in [1.807, 2.05) is 36.6 Å². The number of nitrogens with zero attached hydrogens (tertiary/aromatic N) is 2. The van der Waals surface area contributed by atoms with Crippen LogP contribution in [-0.2, 0) is 0 Å². The highest BCUT2D eigenvalue weighted by molar-refractivity contribution is 7.98. The van der Waals surface area contributed by atoms with E-state index >= 15 is 0 Å². The third-order valence-corrected chi connectivity index (χ3v) is 5.51. The molecule has 0 spiro atoms. The second-order valence-corrected chi connectivity index (χ2v) is 7.20. The predicted molar refractivity (Wildman–Crippen MR) is 102 cm³/mol. The van der Waals surface area contributed by atoms with Crippen LogP contribution in [0.25, 0.3) is 11.1 Å². The molecule has 2 aromatic rings. The van der Waals surface area contributed by atoms with Gasteiger partial charge in [-0.05, 0) is 18.7 Å². The summed E-state index contributed by atoms with van der Waals surface area (Å²) >= 11 is 8.00. The Labute approximate surface area is 153 Å². The maximum atomic E-state index is 6.49. The van der Waals surface area contributed by atoms with E-state index in [0.717, 1.165) is 23.5 Å². The minimum atomic E-state index is 0.508. The lowest BCUT2D eigenvalue weighted by Crippen LogP contribution is -3.14. The Morgan fingerprint density at radius 2 is 2.08 bits per heavy atom. The molecule has 4 nitrogen and oxygen atoms in total. The average molecular weight is 364 g/mol. The van der Waals surface area contributed by atoms with E-state index in [-0.39, 0.29) is 0 Å². The molecular formula is C18H24ClN4S+. The number of hydrogen-bond acceptors (Lipinski definition) is 4. The molecule has 0 aliphatic carbocycles. The summed E-state index contributed by atoms with van der Waals surface area (Å²) in [4.78, 5) is 10.8. The fourth-order valence-corrected chi connectivity index (χ4v) is 4.10. The normalized spacial score (nSPS) is 20.3. The van der Waals surface area contributed by atoms with Crippen LogP contribution < -0.4 is 10.2 Å². The van der Waals surface area contributed by atoms with Gasteiger partial charge in [0.1, 0.15) is 17.0 Å². The average Bonchev–Trinajstić information content (AvgIpc) is 3.07. The molecular weight excluding hydrogens is 340 g/mol. The van der Waals surface area contributed by atoms with Gasteiger partial charge in [0.2, 0.25) is 0 Å². The van der Waals surface area contributed by atoms with Crippen LogP contribution in [0.2, 0.25) is 5.15 Å². The molecule has 1 saturated heterocycles. The number of anilines is 1. The molecule has 1 unspecified atom stereocenters. The van der Waals surface area contributed by atoms with E-state index in [4.69, 9.17) is 11.6 Å². The van der Waals surface area contributed by atoms with E-state index in [2.05, 4.69) is 22.2 Å². The number of likely N-dealkylation sites (tertiary alicyclic amines) is 1. The molecule has 128 valence electrons. The zero-order valence-electron chi connectivity index (χ0n) is 14.2. The summed E-state index contributed by atoms with van der Waals surface area (Å²) in [7, 11) is 0. The topological polar surface area (TPSA) is 42.2 Å². The van der Waals surface area contributed by atoms with E-state index in [9.17, 15) is 0 Å². The molecule has 1 aliphatic heterocycles. The third-order valence-electron chi connectivity index (χ3n) is 4.69. The molecule has 0 amide bonds. The van der Waals surface area contributed by atoms with Crippen LogP contribution in [0.3, 0.4) is 0 Å². The molecule has 1 aliphatic rings.